The molecule has 0 radical (unpaired) electrons. The Bertz CT molecular complexity index is 692. The molecule has 2 heterocycles. The molecule has 3 aromatic rings. The Labute approximate surface area is 118 Å². The van der Waals surface area contributed by atoms with Gasteiger partial charge in [-0.05, 0) is 24.3 Å². The number of para-hydroxylation sites is 1. The molecule has 7 heteroatoms. The van der Waals surface area contributed by atoms with Crippen LogP contribution in [-0.4, -0.2) is 10.1 Å². The van der Waals surface area contributed by atoms with Gasteiger partial charge in [-0.1, -0.05) is 22.8 Å². The van der Waals surface area contributed by atoms with Gasteiger partial charge in [-0.25, -0.2) is 4.39 Å². The van der Waals surface area contributed by atoms with Gasteiger partial charge in [-0.3, -0.25) is 0 Å². The maximum Gasteiger partial charge on any atom is 0.246 e. The Morgan fingerprint density at radius 1 is 1.25 bits per heavy atom. The second kappa shape index (κ2) is 5.34. The zero-order valence-corrected chi connectivity index (χ0v) is 10.9. The van der Waals surface area contributed by atoms with Crippen LogP contribution < -0.4 is 5.32 Å². The van der Waals surface area contributed by atoms with Crippen LogP contribution in [0, 0.1) is 5.82 Å². The third-order valence-electron chi connectivity index (χ3n) is 2.59. The highest BCUT2D eigenvalue weighted by Gasteiger charge is 2.12. The smallest absolute Gasteiger partial charge is 0.246 e. The molecule has 20 heavy (non-hydrogen) atoms. The lowest BCUT2D eigenvalue weighted by Gasteiger charge is -2.06. The van der Waals surface area contributed by atoms with E-state index in [0.29, 0.717) is 17.5 Å². The molecule has 0 unspecified atom stereocenters. The van der Waals surface area contributed by atoms with Gasteiger partial charge in [0, 0.05) is 0 Å². The molecule has 3 rings (SSSR count). The molecule has 1 N–H and O–H groups in total. The van der Waals surface area contributed by atoms with Crippen LogP contribution in [0.15, 0.2) is 45.5 Å². The van der Waals surface area contributed by atoms with E-state index < -0.39 is 5.82 Å². The van der Waals surface area contributed by atoms with Gasteiger partial charge in [0.05, 0.1) is 23.5 Å². The number of hydrogen-bond donors (Lipinski definition) is 1. The number of halogens is 2. The number of benzene rings is 1. The summed E-state index contributed by atoms with van der Waals surface area (Å²) in [6.45, 7) is 0.161. The van der Waals surface area contributed by atoms with Crippen LogP contribution in [0.4, 0.5) is 10.1 Å². The SMILES string of the molecule is Fc1cccc(Cl)c1NCc1nc(-c2ccco2)no1. The molecule has 0 bridgehead atoms. The van der Waals surface area contributed by atoms with Crippen molar-refractivity contribution < 1.29 is 13.3 Å². The first kappa shape index (κ1) is 12.7. The van der Waals surface area contributed by atoms with Crippen LogP contribution >= 0.6 is 11.6 Å². The molecule has 0 saturated heterocycles. The zero-order chi connectivity index (χ0) is 13.9. The van der Waals surface area contributed by atoms with Crippen molar-refractivity contribution in [3.8, 4) is 11.6 Å². The van der Waals surface area contributed by atoms with Gasteiger partial charge in [0.2, 0.25) is 11.7 Å². The molecule has 0 atom stereocenters. The normalized spacial score (nSPS) is 10.7. The molecule has 2 aromatic heterocycles. The molecular weight excluding hydrogens is 285 g/mol. The lowest BCUT2D eigenvalue weighted by molar-refractivity contribution is 0.382. The van der Waals surface area contributed by atoms with Crippen molar-refractivity contribution in [2.24, 2.45) is 0 Å². The van der Waals surface area contributed by atoms with Gasteiger partial charge in [-0.15, -0.1) is 0 Å². The van der Waals surface area contributed by atoms with Crippen LogP contribution in [0.25, 0.3) is 11.6 Å². The Morgan fingerprint density at radius 3 is 2.90 bits per heavy atom. The summed E-state index contributed by atoms with van der Waals surface area (Å²) >= 11 is 5.90. The minimum atomic E-state index is -0.441. The van der Waals surface area contributed by atoms with Crippen molar-refractivity contribution in [1.82, 2.24) is 10.1 Å². The number of hydrogen-bond acceptors (Lipinski definition) is 5. The van der Waals surface area contributed by atoms with Crippen LogP contribution in [0.1, 0.15) is 5.89 Å². The Kier molecular flexibility index (Phi) is 3.39. The molecular formula is C13H9ClFN3O2. The number of furan rings is 1. The topological polar surface area (TPSA) is 64.1 Å². The van der Waals surface area contributed by atoms with Gasteiger partial charge >= 0.3 is 0 Å². The van der Waals surface area contributed by atoms with Crippen LogP contribution in [0.5, 0.6) is 0 Å². The quantitative estimate of drug-likeness (QED) is 0.794. The molecule has 0 aliphatic heterocycles. The number of aromatic nitrogens is 2. The lowest BCUT2D eigenvalue weighted by Crippen LogP contribution is -2.02. The summed E-state index contributed by atoms with van der Waals surface area (Å²) in [7, 11) is 0. The van der Waals surface area contributed by atoms with Crippen LogP contribution in [-0.2, 0) is 6.54 Å². The summed E-state index contributed by atoms with van der Waals surface area (Å²) in [6, 6.07) is 7.88. The summed E-state index contributed by atoms with van der Waals surface area (Å²) < 4.78 is 23.7. The lowest BCUT2D eigenvalue weighted by atomic mass is 10.3. The van der Waals surface area contributed by atoms with E-state index in [1.165, 1.54) is 18.4 Å². The van der Waals surface area contributed by atoms with E-state index in [1.807, 2.05) is 0 Å². The van der Waals surface area contributed by atoms with E-state index in [9.17, 15) is 4.39 Å². The minimum absolute atomic E-state index is 0.161. The average Bonchev–Trinajstić information content (AvgIpc) is 3.09. The Morgan fingerprint density at radius 2 is 2.15 bits per heavy atom. The fourth-order valence-corrected chi connectivity index (χ4v) is 1.89. The van der Waals surface area contributed by atoms with Crippen molar-refractivity contribution in [1.29, 1.82) is 0 Å². The fraction of sp³-hybridized carbons (Fsp3) is 0.0769. The van der Waals surface area contributed by atoms with E-state index in [-0.39, 0.29) is 17.3 Å². The van der Waals surface area contributed by atoms with Crippen molar-refractivity contribution in [2.75, 3.05) is 5.32 Å². The van der Waals surface area contributed by atoms with Crippen molar-refractivity contribution >= 4 is 17.3 Å². The first-order valence-electron chi connectivity index (χ1n) is 5.78. The minimum Gasteiger partial charge on any atom is -0.461 e. The van der Waals surface area contributed by atoms with Gasteiger partial charge < -0.3 is 14.3 Å². The number of rotatable bonds is 4. The van der Waals surface area contributed by atoms with Crippen LogP contribution in [0.2, 0.25) is 5.02 Å². The predicted molar refractivity (Wildman–Crippen MR) is 70.7 cm³/mol. The van der Waals surface area contributed by atoms with E-state index >= 15 is 0 Å². The molecule has 102 valence electrons. The van der Waals surface area contributed by atoms with Crippen molar-refractivity contribution in [3.05, 3.63) is 53.3 Å². The van der Waals surface area contributed by atoms with Crippen molar-refractivity contribution in [2.45, 2.75) is 6.54 Å². The largest absolute Gasteiger partial charge is 0.461 e. The van der Waals surface area contributed by atoms with E-state index in [1.54, 1.807) is 18.2 Å². The number of anilines is 1. The zero-order valence-electron chi connectivity index (χ0n) is 10.1. The molecule has 0 amide bonds. The Balaban J connectivity index is 1.73. The second-order valence-corrected chi connectivity index (χ2v) is 4.35. The van der Waals surface area contributed by atoms with E-state index in [2.05, 4.69) is 15.5 Å². The summed E-state index contributed by atoms with van der Waals surface area (Å²) in [5.74, 6) is 0.703. The maximum atomic E-state index is 13.6. The highest BCUT2D eigenvalue weighted by Crippen LogP contribution is 2.25. The standard InChI is InChI=1S/C13H9ClFN3O2/c14-8-3-1-4-9(15)12(8)16-7-11-17-13(18-20-11)10-5-2-6-19-10/h1-6,16H,7H2. The van der Waals surface area contributed by atoms with Crippen LogP contribution in [0.3, 0.4) is 0 Å². The van der Waals surface area contributed by atoms with Gasteiger partial charge in [0.25, 0.3) is 0 Å². The Hall–Kier alpha value is -2.34. The monoisotopic (exact) mass is 293 g/mol. The molecule has 0 fully saturated rings. The fourth-order valence-electron chi connectivity index (χ4n) is 1.66. The average molecular weight is 294 g/mol. The maximum absolute atomic E-state index is 13.6. The summed E-state index contributed by atoms with van der Waals surface area (Å²) in [5, 5.41) is 6.88. The highest BCUT2D eigenvalue weighted by atomic mass is 35.5. The summed E-state index contributed by atoms with van der Waals surface area (Å²) in [6.07, 6.45) is 1.52. The highest BCUT2D eigenvalue weighted by molar-refractivity contribution is 6.33. The molecule has 0 saturated carbocycles. The molecule has 5 nitrogen and oxygen atoms in total. The molecule has 0 aliphatic carbocycles. The predicted octanol–water partition coefficient (Wildman–Crippen LogP) is 3.73. The molecule has 0 spiro atoms. The summed E-state index contributed by atoms with van der Waals surface area (Å²) in [5.41, 5.74) is 0.201. The van der Waals surface area contributed by atoms with Gasteiger partial charge in [0.15, 0.2) is 5.76 Å². The third kappa shape index (κ3) is 2.50. The molecule has 1 aromatic carbocycles. The van der Waals surface area contributed by atoms with E-state index in [0.717, 1.165) is 0 Å². The first-order chi connectivity index (χ1) is 9.74. The molecule has 0 aliphatic rings. The van der Waals surface area contributed by atoms with E-state index in [4.69, 9.17) is 20.5 Å². The van der Waals surface area contributed by atoms with Crippen molar-refractivity contribution in [3.63, 3.8) is 0 Å². The first-order valence-corrected chi connectivity index (χ1v) is 6.16. The number of nitrogens with zero attached hydrogens (tertiary/aromatic N) is 2. The van der Waals surface area contributed by atoms with Gasteiger partial charge in [-0.2, -0.15) is 4.98 Å². The van der Waals surface area contributed by atoms with Gasteiger partial charge in [0.1, 0.15) is 5.82 Å². The third-order valence-corrected chi connectivity index (χ3v) is 2.90. The summed E-state index contributed by atoms with van der Waals surface area (Å²) in [4.78, 5) is 4.13. The second-order valence-electron chi connectivity index (χ2n) is 3.94. The number of nitrogens with one attached hydrogen (secondary N) is 1.